The topological polar surface area (TPSA) is 3.88 Å². The highest BCUT2D eigenvalue weighted by atomic mass is 127. The number of hydrogen-bond donors (Lipinski definition) is 0. The van der Waals surface area contributed by atoms with Crippen LogP contribution in [0.25, 0.3) is 10.1 Å². The van der Waals surface area contributed by atoms with Crippen molar-refractivity contribution in [2.75, 3.05) is 0 Å². The predicted octanol–water partition coefficient (Wildman–Crippen LogP) is -0.308. The number of aryl methyl sites for hydroxylation is 2. The SMILES string of the molecule is Cc1c2ccc(Cl)cc2s[n+]1C.[I-]. The number of hydrogen-bond acceptors (Lipinski definition) is 1. The molecule has 0 aliphatic carbocycles. The van der Waals surface area contributed by atoms with Crippen LogP contribution in [-0.2, 0) is 7.05 Å². The minimum absolute atomic E-state index is 0. The summed E-state index contributed by atoms with van der Waals surface area (Å²) in [6.45, 7) is 2.12. The minimum Gasteiger partial charge on any atom is -1.00 e. The van der Waals surface area contributed by atoms with Gasteiger partial charge in [0.1, 0.15) is 16.2 Å². The van der Waals surface area contributed by atoms with Crippen molar-refractivity contribution in [1.82, 2.24) is 0 Å². The third-order valence-corrected chi connectivity index (χ3v) is 3.36. The van der Waals surface area contributed by atoms with Crippen molar-refractivity contribution in [1.29, 1.82) is 0 Å². The van der Waals surface area contributed by atoms with E-state index in [9.17, 15) is 0 Å². The van der Waals surface area contributed by atoms with Gasteiger partial charge in [-0.25, -0.2) is 0 Å². The fourth-order valence-corrected chi connectivity index (χ4v) is 2.52. The predicted molar refractivity (Wildman–Crippen MR) is 52.7 cm³/mol. The molecule has 2 aromatic rings. The molecule has 0 aliphatic rings. The minimum atomic E-state index is 0. The molecule has 0 fully saturated rings. The van der Waals surface area contributed by atoms with Gasteiger partial charge in [-0.1, -0.05) is 11.6 Å². The molecular weight excluding hydrogens is 317 g/mol. The maximum atomic E-state index is 5.88. The summed E-state index contributed by atoms with van der Waals surface area (Å²) in [4.78, 5) is 0. The van der Waals surface area contributed by atoms with E-state index in [1.54, 1.807) is 11.5 Å². The van der Waals surface area contributed by atoms with Gasteiger partial charge in [0, 0.05) is 11.9 Å². The summed E-state index contributed by atoms with van der Waals surface area (Å²) in [5, 5.41) is 2.11. The van der Waals surface area contributed by atoms with Crippen molar-refractivity contribution in [3.63, 3.8) is 0 Å². The Labute approximate surface area is 104 Å². The van der Waals surface area contributed by atoms with Crippen LogP contribution in [0.3, 0.4) is 0 Å². The van der Waals surface area contributed by atoms with Gasteiger partial charge in [0.2, 0.25) is 5.69 Å². The molecule has 2 rings (SSSR count). The Balaban J connectivity index is 0.000000845. The summed E-state index contributed by atoms with van der Waals surface area (Å²) in [7, 11) is 2.06. The molecule has 0 saturated heterocycles. The van der Waals surface area contributed by atoms with Crippen LogP contribution in [0, 0.1) is 6.92 Å². The van der Waals surface area contributed by atoms with Gasteiger partial charge in [-0.05, 0) is 18.2 Å². The zero-order chi connectivity index (χ0) is 8.72. The summed E-state index contributed by atoms with van der Waals surface area (Å²) in [5.41, 5.74) is 1.30. The van der Waals surface area contributed by atoms with E-state index in [1.807, 2.05) is 12.1 Å². The smallest absolute Gasteiger partial charge is 0.200 e. The molecular formula is C9H9ClINS. The quantitative estimate of drug-likeness (QED) is 0.462. The van der Waals surface area contributed by atoms with E-state index in [0.717, 1.165) is 5.02 Å². The van der Waals surface area contributed by atoms with Crippen molar-refractivity contribution < 1.29 is 27.9 Å². The zero-order valence-corrected chi connectivity index (χ0v) is 11.1. The van der Waals surface area contributed by atoms with E-state index in [4.69, 9.17) is 11.6 Å². The first kappa shape index (κ1) is 11.2. The van der Waals surface area contributed by atoms with E-state index >= 15 is 0 Å². The van der Waals surface area contributed by atoms with E-state index in [-0.39, 0.29) is 24.0 Å². The van der Waals surface area contributed by atoms with Crippen LogP contribution in [0.4, 0.5) is 0 Å². The van der Waals surface area contributed by atoms with Gasteiger partial charge >= 0.3 is 0 Å². The van der Waals surface area contributed by atoms with Crippen molar-refractivity contribution >= 4 is 33.2 Å². The second-order valence-electron chi connectivity index (χ2n) is 2.81. The van der Waals surface area contributed by atoms with Gasteiger partial charge in [-0.15, -0.1) is 3.96 Å². The Morgan fingerprint density at radius 2 is 2.08 bits per heavy atom. The van der Waals surface area contributed by atoms with E-state index < -0.39 is 0 Å². The number of aromatic nitrogens is 1. The maximum Gasteiger partial charge on any atom is 0.200 e. The summed E-state index contributed by atoms with van der Waals surface area (Å²) in [6.07, 6.45) is 0. The Hall–Kier alpha value is 0.130. The van der Waals surface area contributed by atoms with Crippen LogP contribution >= 0.6 is 23.1 Å². The highest BCUT2D eigenvalue weighted by Crippen LogP contribution is 2.23. The van der Waals surface area contributed by atoms with Crippen molar-refractivity contribution in [2.24, 2.45) is 7.05 Å². The van der Waals surface area contributed by atoms with Crippen molar-refractivity contribution in [3.8, 4) is 0 Å². The second kappa shape index (κ2) is 4.11. The molecule has 0 bridgehead atoms. The van der Waals surface area contributed by atoms with Crippen LogP contribution in [0.2, 0.25) is 5.02 Å². The van der Waals surface area contributed by atoms with Gasteiger partial charge < -0.3 is 24.0 Å². The first-order valence-corrected chi connectivity index (χ1v) is 4.89. The number of fused-ring (bicyclic) bond motifs is 1. The Morgan fingerprint density at radius 3 is 2.77 bits per heavy atom. The van der Waals surface area contributed by atoms with Crippen LogP contribution in [0.1, 0.15) is 5.69 Å². The largest absolute Gasteiger partial charge is 1.00 e. The molecule has 70 valence electrons. The lowest BCUT2D eigenvalue weighted by molar-refractivity contribution is -0.606. The number of benzene rings is 1. The van der Waals surface area contributed by atoms with Crippen LogP contribution < -0.4 is 27.9 Å². The Kier molecular flexibility index (Phi) is 3.54. The molecule has 0 spiro atoms. The molecule has 13 heavy (non-hydrogen) atoms. The summed E-state index contributed by atoms with van der Waals surface area (Å²) in [5.74, 6) is 0. The molecule has 0 aliphatic heterocycles. The normalized spacial score (nSPS) is 10.1. The number of halogens is 2. The van der Waals surface area contributed by atoms with Crippen LogP contribution in [-0.4, -0.2) is 0 Å². The van der Waals surface area contributed by atoms with Gasteiger partial charge in [0.15, 0.2) is 7.05 Å². The second-order valence-corrected chi connectivity index (χ2v) is 4.42. The van der Waals surface area contributed by atoms with Gasteiger partial charge in [-0.3, -0.25) is 0 Å². The third-order valence-electron chi connectivity index (χ3n) is 2.04. The molecule has 4 heteroatoms. The summed E-state index contributed by atoms with van der Waals surface area (Å²) in [6, 6.07) is 6.02. The van der Waals surface area contributed by atoms with E-state index in [2.05, 4.69) is 24.0 Å². The first-order valence-electron chi connectivity index (χ1n) is 3.73. The van der Waals surface area contributed by atoms with Crippen LogP contribution in [0.15, 0.2) is 18.2 Å². The zero-order valence-electron chi connectivity index (χ0n) is 7.34. The van der Waals surface area contributed by atoms with Gasteiger partial charge in [-0.2, -0.15) is 0 Å². The molecule has 0 amide bonds. The lowest BCUT2D eigenvalue weighted by atomic mass is 10.2. The lowest BCUT2D eigenvalue weighted by Crippen LogP contribution is -3.00. The Bertz CT molecular complexity index is 438. The summed E-state index contributed by atoms with van der Waals surface area (Å²) < 4.78 is 3.41. The highest BCUT2D eigenvalue weighted by molar-refractivity contribution is 7.09. The average molecular weight is 326 g/mol. The van der Waals surface area contributed by atoms with E-state index in [0.29, 0.717) is 0 Å². The molecule has 0 atom stereocenters. The molecule has 0 unspecified atom stereocenters. The fraction of sp³-hybridized carbons (Fsp3) is 0.222. The standard InChI is InChI=1S/C9H9ClNS.HI/c1-6-8-4-3-7(10)5-9(8)12-11(6)2;/h3-5H,1-2H3;1H/q+1;/p-1. The first-order chi connectivity index (χ1) is 5.68. The monoisotopic (exact) mass is 325 g/mol. The molecule has 0 radical (unpaired) electrons. The molecule has 0 saturated carbocycles. The third kappa shape index (κ3) is 1.97. The molecule has 1 aromatic carbocycles. The summed E-state index contributed by atoms with van der Waals surface area (Å²) >= 11 is 7.60. The van der Waals surface area contributed by atoms with Crippen molar-refractivity contribution in [3.05, 3.63) is 28.9 Å². The molecule has 1 heterocycles. The average Bonchev–Trinajstić information content (AvgIpc) is 2.28. The number of nitrogens with zero attached hydrogens (tertiary/aromatic N) is 1. The maximum absolute atomic E-state index is 5.88. The van der Waals surface area contributed by atoms with Crippen molar-refractivity contribution in [2.45, 2.75) is 6.92 Å². The van der Waals surface area contributed by atoms with E-state index in [1.165, 1.54) is 15.8 Å². The Morgan fingerprint density at radius 1 is 1.38 bits per heavy atom. The van der Waals surface area contributed by atoms with Gasteiger partial charge in [0.05, 0.1) is 5.39 Å². The molecule has 1 aromatic heterocycles. The number of rotatable bonds is 0. The molecule has 0 N–H and O–H groups in total. The van der Waals surface area contributed by atoms with Gasteiger partial charge in [0.25, 0.3) is 0 Å². The molecule has 1 nitrogen and oxygen atoms in total. The highest BCUT2D eigenvalue weighted by Gasteiger charge is 2.11. The lowest BCUT2D eigenvalue weighted by Gasteiger charge is -1.86. The van der Waals surface area contributed by atoms with Crippen LogP contribution in [0.5, 0.6) is 0 Å². The fourth-order valence-electron chi connectivity index (χ4n) is 1.26.